The van der Waals surface area contributed by atoms with Crippen LogP contribution in [0.4, 0.5) is 0 Å². The minimum absolute atomic E-state index is 0. The molecular weight excluding hydrogens is 368 g/mol. The average molecular weight is 397 g/mol. The largest absolute Gasteiger partial charge is 0.346 e. The molecule has 150 valence electrons. The molecule has 2 rings (SSSR count). The third-order valence-corrected chi connectivity index (χ3v) is 4.62. The number of nitrogens with two attached hydrogens (primary N) is 1. The van der Waals surface area contributed by atoms with Gasteiger partial charge in [-0.1, -0.05) is 44.2 Å². The van der Waals surface area contributed by atoms with Crippen molar-refractivity contribution in [3.8, 4) is 0 Å². The van der Waals surface area contributed by atoms with Gasteiger partial charge in [0.25, 0.3) is 0 Å². The van der Waals surface area contributed by atoms with Crippen molar-refractivity contribution in [1.82, 2.24) is 15.1 Å². The molecule has 1 fully saturated rings. The molecule has 1 aromatic carbocycles. The predicted octanol–water partition coefficient (Wildman–Crippen LogP) is 0.421. The van der Waals surface area contributed by atoms with Crippen molar-refractivity contribution in [2.75, 3.05) is 32.7 Å². The molecule has 0 aromatic heterocycles. The number of benzene rings is 1. The van der Waals surface area contributed by atoms with Gasteiger partial charge in [-0.25, -0.2) is 0 Å². The van der Waals surface area contributed by atoms with Crippen LogP contribution < -0.4 is 11.1 Å². The quantitative estimate of drug-likeness (QED) is 0.728. The van der Waals surface area contributed by atoms with Gasteiger partial charge in [-0.2, -0.15) is 0 Å². The summed E-state index contributed by atoms with van der Waals surface area (Å²) in [6.45, 7) is 5.64. The fourth-order valence-corrected chi connectivity index (χ4v) is 2.78. The van der Waals surface area contributed by atoms with E-state index >= 15 is 0 Å². The normalized spacial score (nSPS) is 15.1. The number of hydrogen-bond donors (Lipinski definition) is 2. The van der Waals surface area contributed by atoms with Gasteiger partial charge in [0.15, 0.2) is 0 Å². The van der Waals surface area contributed by atoms with Crippen LogP contribution in [0.2, 0.25) is 0 Å². The minimum Gasteiger partial charge on any atom is -0.346 e. The molecule has 1 aliphatic rings. The highest BCUT2D eigenvalue weighted by atomic mass is 35.5. The SMILES string of the molecule is CC(C)[C@H](N)C(=O)NCC(=O)N1CCN(C(=O)Cc2ccccc2)CC1.Cl. The van der Waals surface area contributed by atoms with Crippen molar-refractivity contribution in [2.24, 2.45) is 11.7 Å². The van der Waals surface area contributed by atoms with E-state index in [1.165, 1.54) is 0 Å². The van der Waals surface area contributed by atoms with Crippen LogP contribution in [0.1, 0.15) is 19.4 Å². The molecule has 3 amide bonds. The smallest absolute Gasteiger partial charge is 0.242 e. The van der Waals surface area contributed by atoms with E-state index in [1.54, 1.807) is 9.80 Å². The number of rotatable bonds is 6. The monoisotopic (exact) mass is 396 g/mol. The summed E-state index contributed by atoms with van der Waals surface area (Å²) in [6.07, 6.45) is 0.373. The van der Waals surface area contributed by atoms with Crippen molar-refractivity contribution >= 4 is 30.1 Å². The zero-order valence-corrected chi connectivity index (χ0v) is 16.7. The second-order valence-electron chi connectivity index (χ2n) is 6.91. The fourth-order valence-electron chi connectivity index (χ4n) is 2.78. The molecule has 1 atom stereocenters. The van der Waals surface area contributed by atoms with Crippen molar-refractivity contribution in [3.63, 3.8) is 0 Å². The molecule has 0 bridgehead atoms. The summed E-state index contributed by atoms with van der Waals surface area (Å²) in [7, 11) is 0. The molecule has 0 aliphatic carbocycles. The van der Waals surface area contributed by atoms with Gasteiger partial charge in [-0.3, -0.25) is 14.4 Å². The van der Waals surface area contributed by atoms with E-state index in [9.17, 15) is 14.4 Å². The van der Waals surface area contributed by atoms with Gasteiger partial charge in [-0.05, 0) is 11.5 Å². The highest BCUT2D eigenvalue weighted by Gasteiger charge is 2.25. The molecule has 1 aliphatic heterocycles. The van der Waals surface area contributed by atoms with E-state index in [1.807, 2.05) is 44.2 Å². The molecule has 0 unspecified atom stereocenters. The number of nitrogens with one attached hydrogen (secondary N) is 1. The molecule has 0 spiro atoms. The Hall–Kier alpha value is -2.12. The number of nitrogens with zero attached hydrogens (tertiary/aromatic N) is 2. The summed E-state index contributed by atoms with van der Waals surface area (Å²) in [5.74, 6) is -0.377. The molecule has 1 aromatic rings. The van der Waals surface area contributed by atoms with E-state index in [2.05, 4.69) is 5.32 Å². The molecule has 1 saturated heterocycles. The van der Waals surface area contributed by atoms with E-state index in [4.69, 9.17) is 5.73 Å². The van der Waals surface area contributed by atoms with Crippen LogP contribution >= 0.6 is 12.4 Å². The molecule has 27 heavy (non-hydrogen) atoms. The van der Waals surface area contributed by atoms with Crippen molar-refractivity contribution in [2.45, 2.75) is 26.3 Å². The Morgan fingerprint density at radius 2 is 1.52 bits per heavy atom. The van der Waals surface area contributed by atoms with Crippen LogP contribution in [-0.2, 0) is 20.8 Å². The third-order valence-electron chi connectivity index (χ3n) is 4.62. The predicted molar refractivity (Wildman–Crippen MR) is 106 cm³/mol. The summed E-state index contributed by atoms with van der Waals surface area (Å²) in [5.41, 5.74) is 6.74. The second-order valence-corrected chi connectivity index (χ2v) is 6.91. The summed E-state index contributed by atoms with van der Waals surface area (Å²) in [6, 6.07) is 9.00. The highest BCUT2D eigenvalue weighted by molar-refractivity contribution is 5.87. The topological polar surface area (TPSA) is 95.7 Å². The maximum Gasteiger partial charge on any atom is 0.242 e. The zero-order chi connectivity index (χ0) is 19.1. The Labute approximate surface area is 166 Å². The van der Waals surface area contributed by atoms with Gasteiger partial charge in [0, 0.05) is 26.2 Å². The fraction of sp³-hybridized carbons (Fsp3) is 0.526. The number of carbonyl (C=O) groups is 3. The first-order valence-corrected chi connectivity index (χ1v) is 9.01. The summed E-state index contributed by atoms with van der Waals surface area (Å²) in [4.78, 5) is 39.9. The standard InChI is InChI=1S/C19H28N4O3.ClH/c1-14(2)18(20)19(26)21-13-17(25)23-10-8-22(9-11-23)16(24)12-15-6-4-3-5-7-15;/h3-7,14,18H,8-13,20H2,1-2H3,(H,21,26);1H/t18-;/m0./s1. The Bertz CT molecular complexity index is 631. The van der Waals surface area contributed by atoms with Crippen LogP contribution in [-0.4, -0.2) is 66.3 Å². The average Bonchev–Trinajstić information content (AvgIpc) is 2.66. The van der Waals surface area contributed by atoms with Crippen LogP contribution in [0, 0.1) is 5.92 Å². The zero-order valence-electron chi connectivity index (χ0n) is 15.9. The number of carbonyl (C=O) groups excluding carboxylic acids is 3. The van der Waals surface area contributed by atoms with Gasteiger partial charge < -0.3 is 20.9 Å². The van der Waals surface area contributed by atoms with E-state index in [-0.39, 0.29) is 42.6 Å². The van der Waals surface area contributed by atoms with Gasteiger partial charge in [-0.15, -0.1) is 12.4 Å². The summed E-state index contributed by atoms with van der Waals surface area (Å²) < 4.78 is 0. The van der Waals surface area contributed by atoms with Crippen LogP contribution in [0.3, 0.4) is 0 Å². The Morgan fingerprint density at radius 1 is 1.00 bits per heavy atom. The molecule has 1 heterocycles. The van der Waals surface area contributed by atoms with Crippen molar-refractivity contribution in [3.05, 3.63) is 35.9 Å². The van der Waals surface area contributed by atoms with Gasteiger partial charge in [0.05, 0.1) is 19.0 Å². The number of hydrogen-bond acceptors (Lipinski definition) is 4. The lowest BCUT2D eigenvalue weighted by Crippen LogP contribution is -2.54. The molecule has 0 saturated carbocycles. The maximum atomic E-state index is 12.3. The van der Waals surface area contributed by atoms with E-state index in [0.717, 1.165) is 5.56 Å². The molecule has 7 nitrogen and oxygen atoms in total. The molecule has 8 heteroatoms. The summed E-state index contributed by atoms with van der Waals surface area (Å²) in [5, 5.41) is 2.59. The Kier molecular flexibility index (Phi) is 9.25. The third kappa shape index (κ3) is 6.84. The number of halogens is 1. The Morgan fingerprint density at radius 3 is 2.04 bits per heavy atom. The lowest BCUT2D eigenvalue weighted by atomic mass is 10.1. The highest BCUT2D eigenvalue weighted by Crippen LogP contribution is 2.07. The Balaban J connectivity index is 0.00000364. The molecule has 0 radical (unpaired) electrons. The van der Waals surface area contributed by atoms with Gasteiger partial charge in [0.1, 0.15) is 0 Å². The number of amides is 3. The van der Waals surface area contributed by atoms with Crippen molar-refractivity contribution < 1.29 is 14.4 Å². The van der Waals surface area contributed by atoms with E-state index in [0.29, 0.717) is 32.6 Å². The first kappa shape index (κ1) is 22.9. The van der Waals surface area contributed by atoms with Crippen LogP contribution in [0.5, 0.6) is 0 Å². The summed E-state index contributed by atoms with van der Waals surface area (Å²) >= 11 is 0. The lowest BCUT2D eigenvalue weighted by molar-refractivity contribution is -0.139. The molecular formula is C19H29ClN4O3. The van der Waals surface area contributed by atoms with Crippen LogP contribution in [0.25, 0.3) is 0 Å². The van der Waals surface area contributed by atoms with Gasteiger partial charge in [0.2, 0.25) is 17.7 Å². The van der Waals surface area contributed by atoms with Gasteiger partial charge >= 0.3 is 0 Å². The molecule has 3 N–H and O–H groups in total. The maximum absolute atomic E-state index is 12.3. The first-order valence-electron chi connectivity index (χ1n) is 9.01. The number of piperazine rings is 1. The van der Waals surface area contributed by atoms with E-state index < -0.39 is 6.04 Å². The first-order chi connectivity index (χ1) is 12.4. The minimum atomic E-state index is -0.616. The lowest BCUT2D eigenvalue weighted by Gasteiger charge is -2.35. The van der Waals surface area contributed by atoms with Crippen LogP contribution in [0.15, 0.2) is 30.3 Å². The van der Waals surface area contributed by atoms with Crippen molar-refractivity contribution in [1.29, 1.82) is 0 Å². The second kappa shape index (κ2) is 10.9.